The van der Waals surface area contributed by atoms with Crippen LogP contribution in [0.3, 0.4) is 0 Å². The van der Waals surface area contributed by atoms with Crippen LogP contribution in [0, 0.1) is 0 Å². The first-order chi connectivity index (χ1) is 9.99. The highest BCUT2D eigenvalue weighted by molar-refractivity contribution is 6.01. The third-order valence-electron chi connectivity index (χ3n) is 3.13. The monoisotopic (exact) mass is 286 g/mol. The van der Waals surface area contributed by atoms with E-state index in [1.807, 2.05) is 0 Å². The highest BCUT2D eigenvalue weighted by Crippen LogP contribution is 2.41. The second-order valence-electron chi connectivity index (χ2n) is 4.42. The van der Waals surface area contributed by atoms with Gasteiger partial charge < -0.3 is 25.4 Å². The Labute approximate surface area is 117 Å². The number of H-pyrrole nitrogens is 1. The molecule has 5 N–H and O–H groups in total. The first kappa shape index (κ1) is 12.8. The molecule has 1 heterocycles. The Morgan fingerprint density at radius 3 is 2.52 bits per heavy atom. The van der Waals surface area contributed by atoms with Gasteiger partial charge in [-0.15, -0.1) is 0 Å². The Morgan fingerprint density at radius 2 is 1.81 bits per heavy atom. The van der Waals surface area contributed by atoms with E-state index in [0.29, 0.717) is 5.52 Å². The molecule has 0 amide bonds. The summed E-state index contributed by atoms with van der Waals surface area (Å²) in [4.78, 5) is 18.2. The molecule has 1 aromatic heterocycles. The standard InChI is InChI=1S/C14H10N2O5/c17-9-5-4-7(11(18)12(9)19)13-15-8-3-1-2-6(14(20)21)10(8)16-13/h1-5,17-19H,(H,15,16)(H,20,21). The number of carboxylic acids is 1. The van der Waals surface area contributed by atoms with Crippen molar-refractivity contribution in [2.24, 2.45) is 0 Å². The van der Waals surface area contributed by atoms with Gasteiger partial charge in [-0.25, -0.2) is 9.78 Å². The molecule has 0 fully saturated rings. The lowest BCUT2D eigenvalue weighted by molar-refractivity contribution is 0.0699. The summed E-state index contributed by atoms with van der Waals surface area (Å²) in [6.07, 6.45) is 0. The summed E-state index contributed by atoms with van der Waals surface area (Å²) >= 11 is 0. The fourth-order valence-electron chi connectivity index (χ4n) is 2.09. The maximum Gasteiger partial charge on any atom is 0.337 e. The van der Waals surface area contributed by atoms with Gasteiger partial charge in [0.2, 0.25) is 5.75 Å². The Morgan fingerprint density at radius 1 is 1.05 bits per heavy atom. The van der Waals surface area contributed by atoms with Crippen LogP contribution < -0.4 is 0 Å². The molecule has 3 rings (SSSR count). The molecule has 0 unspecified atom stereocenters. The number of para-hydroxylation sites is 1. The summed E-state index contributed by atoms with van der Waals surface area (Å²) in [5, 5.41) is 37.8. The van der Waals surface area contributed by atoms with E-state index in [9.17, 15) is 20.1 Å². The number of carbonyl (C=O) groups is 1. The van der Waals surface area contributed by atoms with Crippen LogP contribution in [0.5, 0.6) is 17.2 Å². The van der Waals surface area contributed by atoms with E-state index in [1.54, 1.807) is 12.1 Å². The van der Waals surface area contributed by atoms with E-state index in [0.717, 1.165) is 0 Å². The van der Waals surface area contributed by atoms with Crippen LogP contribution in [-0.2, 0) is 0 Å². The van der Waals surface area contributed by atoms with Crippen LogP contribution >= 0.6 is 0 Å². The second kappa shape index (κ2) is 4.41. The molecule has 3 aromatic rings. The maximum absolute atomic E-state index is 11.2. The average molecular weight is 286 g/mol. The minimum atomic E-state index is -1.11. The second-order valence-corrected chi connectivity index (χ2v) is 4.42. The normalized spacial score (nSPS) is 10.9. The number of fused-ring (bicyclic) bond motifs is 1. The van der Waals surface area contributed by atoms with Gasteiger partial charge in [-0.05, 0) is 24.3 Å². The molecular weight excluding hydrogens is 276 g/mol. The molecule has 0 aliphatic carbocycles. The van der Waals surface area contributed by atoms with Crippen LogP contribution in [0.1, 0.15) is 10.4 Å². The van der Waals surface area contributed by atoms with Crippen molar-refractivity contribution >= 4 is 17.0 Å². The fourth-order valence-corrected chi connectivity index (χ4v) is 2.09. The molecule has 0 saturated heterocycles. The van der Waals surface area contributed by atoms with Gasteiger partial charge in [0, 0.05) is 0 Å². The number of carboxylic acid groups (broad SMARTS) is 1. The van der Waals surface area contributed by atoms with Gasteiger partial charge in [0.25, 0.3) is 0 Å². The Hall–Kier alpha value is -3.22. The zero-order valence-corrected chi connectivity index (χ0v) is 10.5. The molecule has 106 valence electrons. The quantitative estimate of drug-likeness (QED) is 0.459. The number of hydrogen-bond acceptors (Lipinski definition) is 5. The van der Waals surface area contributed by atoms with Crippen molar-refractivity contribution in [1.29, 1.82) is 0 Å². The van der Waals surface area contributed by atoms with E-state index >= 15 is 0 Å². The Balaban J connectivity index is 2.25. The first-order valence-electron chi connectivity index (χ1n) is 5.95. The minimum Gasteiger partial charge on any atom is -0.504 e. The number of aromatic hydroxyl groups is 3. The van der Waals surface area contributed by atoms with E-state index in [-0.39, 0.29) is 22.5 Å². The number of aromatic nitrogens is 2. The molecule has 0 aliphatic rings. The molecule has 2 aromatic carbocycles. The van der Waals surface area contributed by atoms with Crippen molar-refractivity contribution < 1.29 is 25.2 Å². The highest BCUT2D eigenvalue weighted by Gasteiger charge is 2.18. The lowest BCUT2D eigenvalue weighted by Crippen LogP contribution is -1.96. The number of hydrogen-bond donors (Lipinski definition) is 5. The lowest BCUT2D eigenvalue weighted by atomic mass is 10.1. The number of phenols is 3. The molecule has 0 bridgehead atoms. The number of rotatable bonds is 2. The summed E-state index contributed by atoms with van der Waals surface area (Å²) in [5.74, 6) is -2.58. The van der Waals surface area contributed by atoms with E-state index in [4.69, 9.17) is 5.11 Å². The molecular formula is C14H10N2O5. The summed E-state index contributed by atoms with van der Waals surface area (Å²) in [6, 6.07) is 7.21. The van der Waals surface area contributed by atoms with Gasteiger partial charge in [-0.3, -0.25) is 0 Å². The molecule has 0 atom stereocenters. The molecule has 7 nitrogen and oxygen atoms in total. The van der Waals surface area contributed by atoms with E-state index < -0.39 is 23.2 Å². The topological polar surface area (TPSA) is 127 Å². The third kappa shape index (κ3) is 1.91. The zero-order valence-electron chi connectivity index (χ0n) is 10.5. The number of nitrogens with zero attached hydrogens (tertiary/aromatic N) is 1. The molecule has 0 aliphatic heterocycles. The first-order valence-corrected chi connectivity index (χ1v) is 5.95. The highest BCUT2D eigenvalue weighted by atomic mass is 16.4. The summed E-state index contributed by atoms with van der Waals surface area (Å²) in [7, 11) is 0. The van der Waals surface area contributed by atoms with Crippen molar-refractivity contribution in [1.82, 2.24) is 9.97 Å². The minimum absolute atomic E-state index is 0.0255. The van der Waals surface area contributed by atoms with E-state index in [1.165, 1.54) is 18.2 Å². The molecule has 0 radical (unpaired) electrons. The number of nitrogens with one attached hydrogen (secondary N) is 1. The van der Waals surface area contributed by atoms with Gasteiger partial charge in [0.1, 0.15) is 11.3 Å². The van der Waals surface area contributed by atoms with Crippen LogP contribution in [-0.4, -0.2) is 36.4 Å². The van der Waals surface area contributed by atoms with Gasteiger partial charge in [0.15, 0.2) is 11.5 Å². The molecule has 0 saturated carbocycles. The lowest BCUT2D eigenvalue weighted by Gasteiger charge is -2.04. The van der Waals surface area contributed by atoms with Crippen molar-refractivity contribution in [3.05, 3.63) is 35.9 Å². The van der Waals surface area contributed by atoms with Gasteiger partial charge in [-0.1, -0.05) is 6.07 Å². The van der Waals surface area contributed by atoms with Crippen molar-refractivity contribution in [3.8, 4) is 28.6 Å². The average Bonchev–Trinajstić information content (AvgIpc) is 2.88. The summed E-state index contributed by atoms with van der Waals surface area (Å²) in [6.45, 7) is 0. The molecule has 21 heavy (non-hydrogen) atoms. The fraction of sp³-hybridized carbons (Fsp3) is 0. The number of phenolic OH excluding ortho intramolecular Hbond substituents is 3. The SMILES string of the molecule is O=C(O)c1cccc2[nH]c(-c3ccc(O)c(O)c3O)nc12. The van der Waals surface area contributed by atoms with Crippen LogP contribution in [0.25, 0.3) is 22.4 Å². The van der Waals surface area contributed by atoms with E-state index in [2.05, 4.69) is 9.97 Å². The maximum atomic E-state index is 11.2. The van der Waals surface area contributed by atoms with Crippen molar-refractivity contribution in [3.63, 3.8) is 0 Å². The van der Waals surface area contributed by atoms with Crippen LogP contribution in [0.4, 0.5) is 0 Å². The predicted molar refractivity (Wildman–Crippen MR) is 73.5 cm³/mol. The number of benzene rings is 2. The zero-order chi connectivity index (χ0) is 15.1. The van der Waals surface area contributed by atoms with Crippen LogP contribution in [0.15, 0.2) is 30.3 Å². The van der Waals surface area contributed by atoms with Crippen molar-refractivity contribution in [2.45, 2.75) is 0 Å². The smallest absolute Gasteiger partial charge is 0.337 e. The number of aromatic amines is 1. The molecule has 7 heteroatoms. The number of imidazole rings is 1. The third-order valence-corrected chi connectivity index (χ3v) is 3.13. The summed E-state index contributed by atoms with van der Waals surface area (Å²) in [5.41, 5.74) is 0.902. The number of aromatic carboxylic acids is 1. The largest absolute Gasteiger partial charge is 0.504 e. The van der Waals surface area contributed by atoms with Crippen LogP contribution in [0.2, 0.25) is 0 Å². The van der Waals surface area contributed by atoms with Gasteiger partial charge in [0.05, 0.1) is 16.6 Å². The Kier molecular flexibility index (Phi) is 2.69. The van der Waals surface area contributed by atoms with Gasteiger partial charge in [-0.2, -0.15) is 0 Å². The predicted octanol–water partition coefficient (Wildman–Crippen LogP) is 2.04. The van der Waals surface area contributed by atoms with Gasteiger partial charge >= 0.3 is 5.97 Å². The Bertz CT molecular complexity index is 869. The van der Waals surface area contributed by atoms with Crippen molar-refractivity contribution in [2.75, 3.05) is 0 Å². The molecule has 0 spiro atoms. The summed E-state index contributed by atoms with van der Waals surface area (Å²) < 4.78 is 0.